The maximum absolute atomic E-state index is 9.27. The third-order valence-electron chi connectivity index (χ3n) is 5.62. The molecule has 0 aromatic heterocycles. The van der Waals surface area contributed by atoms with Crippen molar-refractivity contribution in [1.29, 1.82) is 0 Å². The number of methoxy groups -OCH3 is 2. The molecule has 0 aliphatic heterocycles. The lowest BCUT2D eigenvalue weighted by Crippen LogP contribution is -2.41. The molecule has 1 aliphatic rings. The quantitative estimate of drug-likeness (QED) is 0.264. The Hall–Kier alpha value is -1.22. The van der Waals surface area contributed by atoms with Crippen molar-refractivity contribution in [3.8, 4) is 11.5 Å². The predicted molar refractivity (Wildman–Crippen MR) is 130 cm³/mol. The fraction of sp³-hybridized carbons (Fsp3) is 0.682. The van der Waals surface area contributed by atoms with Crippen molar-refractivity contribution in [3.63, 3.8) is 0 Å². The highest BCUT2D eigenvalue weighted by Crippen LogP contribution is 2.42. The van der Waals surface area contributed by atoms with Crippen LogP contribution in [0, 0.1) is 5.92 Å². The molecule has 1 fully saturated rings. The Morgan fingerprint density at radius 1 is 1.14 bits per heavy atom. The summed E-state index contributed by atoms with van der Waals surface area (Å²) in [4.78, 5) is 4.93. The lowest BCUT2D eigenvalue weighted by molar-refractivity contribution is 0.238. The molecular formula is C22H38IN3O3. The number of nitrogens with zero attached hydrogens (tertiary/aromatic N) is 1. The molecule has 0 radical (unpaired) electrons. The third-order valence-corrected chi connectivity index (χ3v) is 5.62. The lowest BCUT2D eigenvalue weighted by atomic mass is 9.69. The molecule has 0 spiro atoms. The summed E-state index contributed by atoms with van der Waals surface area (Å²) in [5.41, 5.74) is 1.29. The van der Waals surface area contributed by atoms with Crippen LogP contribution in [0.4, 0.5) is 0 Å². The Labute approximate surface area is 192 Å². The molecule has 0 heterocycles. The van der Waals surface area contributed by atoms with Gasteiger partial charge < -0.3 is 25.2 Å². The second-order valence-corrected chi connectivity index (χ2v) is 7.77. The standard InChI is InChI=1S/C22H37N3O3.HI/c1-5-23-21(24-14-17(2)15-26)25-16-22(11-7-6-8-12-22)18-9-10-19(27-3)20(13-18)28-4;/h9-10,13,17,26H,5-8,11-12,14-16H2,1-4H3,(H2,23,24,25);1H. The average molecular weight is 519 g/mol. The van der Waals surface area contributed by atoms with Crippen LogP contribution in [-0.4, -0.2) is 51.5 Å². The topological polar surface area (TPSA) is 75.1 Å². The van der Waals surface area contributed by atoms with Crippen LogP contribution in [0.5, 0.6) is 11.5 Å². The summed E-state index contributed by atoms with van der Waals surface area (Å²) in [6.07, 6.45) is 5.96. The number of ether oxygens (including phenoxy) is 2. The van der Waals surface area contributed by atoms with E-state index in [1.165, 1.54) is 24.8 Å². The summed E-state index contributed by atoms with van der Waals surface area (Å²) in [5.74, 6) is 2.54. The van der Waals surface area contributed by atoms with Gasteiger partial charge in [-0.1, -0.05) is 32.3 Å². The van der Waals surface area contributed by atoms with Crippen molar-refractivity contribution in [2.24, 2.45) is 10.9 Å². The van der Waals surface area contributed by atoms with Crippen LogP contribution in [0.3, 0.4) is 0 Å². The molecule has 1 unspecified atom stereocenters. The Kier molecular flexibility index (Phi) is 11.7. The molecule has 3 N–H and O–H groups in total. The minimum Gasteiger partial charge on any atom is -0.493 e. The fourth-order valence-electron chi connectivity index (χ4n) is 3.84. The Morgan fingerprint density at radius 2 is 1.83 bits per heavy atom. The first-order chi connectivity index (χ1) is 13.6. The molecule has 1 aromatic rings. The SMILES string of the molecule is CCNC(=NCC1(c2ccc(OC)c(OC)c2)CCCCC1)NCC(C)CO.I. The highest BCUT2D eigenvalue weighted by Gasteiger charge is 2.34. The van der Waals surface area contributed by atoms with Gasteiger partial charge in [0.05, 0.1) is 20.8 Å². The van der Waals surface area contributed by atoms with Crippen molar-refractivity contribution < 1.29 is 14.6 Å². The van der Waals surface area contributed by atoms with E-state index in [9.17, 15) is 5.11 Å². The minimum absolute atomic E-state index is 0. The van der Waals surface area contributed by atoms with Crippen molar-refractivity contribution in [2.45, 2.75) is 51.4 Å². The van der Waals surface area contributed by atoms with Crippen molar-refractivity contribution in [3.05, 3.63) is 23.8 Å². The lowest BCUT2D eigenvalue weighted by Gasteiger charge is -2.37. The van der Waals surface area contributed by atoms with Crippen molar-refractivity contribution >= 4 is 29.9 Å². The number of rotatable bonds is 9. The molecule has 0 bridgehead atoms. The zero-order valence-corrected chi connectivity index (χ0v) is 20.6. The second kappa shape index (κ2) is 13.2. The van der Waals surface area contributed by atoms with Gasteiger partial charge >= 0.3 is 0 Å². The molecule has 1 aliphatic carbocycles. The molecule has 1 saturated carbocycles. The van der Waals surface area contributed by atoms with E-state index in [0.29, 0.717) is 6.54 Å². The summed E-state index contributed by atoms with van der Waals surface area (Å²) < 4.78 is 11.0. The van der Waals surface area contributed by atoms with Crippen LogP contribution in [0.1, 0.15) is 51.5 Å². The predicted octanol–water partition coefficient (Wildman–Crippen LogP) is 3.71. The first kappa shape index (κ1) is 25.8. The van der Waals surface area contributed by atoms with Crippen LogP contribution < -0.4 is 20.1 Å². The summed E-state index contributed by atoms with van der Waals surface area (Å²) in [7, 11) is 3.35. The maximum Gasteiger partial charge on any atom is 0.191 e. The number of halogens is 1. The normalized spacial score (nSPS) is 17.1. The molecule has 1 aromatic carbocycles. The maximum atomic E-state index is 9.27. The molecule has 7 heteroatoms. The third kappa shape index (κ3) is 7.20. The monoisotopic (exact) mass is 519 g/mol. The molecule has 0 amide bonds. The summed E-state index contributed by atoms with van der Waals surface area (Å²) in [5, 5.41) is 15.9. The van der Waals surface area contributed by atoms with Crippen LogP contribution in [0.25, 0.3) is 0 Å². The van der Waals surface area contributed by atoms with Gasteiger partial charge in [-0.2, -0.15) is 0 Å². The van der Waals surface area contributed by atoms with Crippen LogP contribution in [0.15, 0.2) is 23.2 Å². The number of aliphatic hydroxyl groups is 1. The summed E-state index contributed by atoms with van der Waals surface area (Å²) >= 11 is 0. The fourth-order valence-corrected chi connectivity index (χ4v) is 3.84. The highest BCUT2D eigenvalue weighted by atomic mass is 127. The molecular weight excluding hydrogens is 481 g/mol. The Morgan fingerprint density at radius 3 is 2.41 bits per heavy atom. The molecule has 166 valence electrons. The van der Waals surface area contributed by atoms with Gasteiger partial charge in [-0.25, -0.2) is 0 Å². The van der Waals surface area contributed by atoms with Gasteiger partial charge in [-0.15, -0.1) is 24.0 Å². The van der Waals surface area contributed by atoms with E-state index >= 15 is 0 Å². The highest BCUT2D eigenvalue weighted by molar-refractivity contribution is 14.0. The largest absolute Gasteiger partial charge is 0.493 e. The van der Waals surface area contributed by atoms with Gasteiger partial charge in [0.1, 0.15) is 0 Å². The summed E-state index contributed by atoms with van der Waals surface area (Å²) in [6, 6.07) is 6.28. The number of benzene rings is 1. The van der Waals surface area contributed by atoms with Gasteiger partial charge in [-0.3, -0.25) is 4.99 Å². The van der Waals surface area contributed by atoms with Gasteiger partial charge in [0.25, 0.3) is 0 Å². The van der Waals surface area contributed by atoms with E-state index in [4.69, 9.17) is 14.5 Å². The van der Waals surface area contributed by atoms with Gasteiger partial charge in [0.2, 0.25) is 0 Å². The first-order valence-corrected chi connectivity index (χ1v) is 10.4. The van der Waals surface area contributed by atoms with Crippen LogP contribution >= 0.6 is 24.0 Å². The van der Waals surface area contributed by atoms with Crippen molar-refractivity contribution in [2.75, 3.05) is 40.5 Å². The van der Waals surface area contributed by atoms with Crippen LogP contribution in [0.2, 0.25) is 0 Å². The van der Waals surface area contributed by atoms with E-state index in [-0.39, 0.29) is 41.9 Å². The summed E-state index contributed by atoms with van der Waals surface area (Å²) in [6.45, 7) is 6.49. The average Bonchev–Trinajstić information content (AvgIpc) is 2.75. The Balaban J connectivity index is 0.00000420. The van der Waals surface area contributed by atoms with Gasteiger partial charge in [0.15, 0.2) is 17.5 Å². The minimum atomic E-state index is 0. The molecule has 2 rings (SSSR count). The zero-order valence-electron chi connectivity index (χ0n) is 18.3. The number of guanidine groups is 1. The van der Waals surface area contributed by atoms with E-state index in [2.05, 4.69) is 29.7 Å². The van der Waals surface area contributed by atoms with Gasteiger partial charge in [-0.05, 0) is 43.4 Å². The van der Waals surface area contributed by atoms with E-state index < -0.39 is 0 Å². The molecule has 29 heavy (non-hydrogen) atoms. The first-order valence-electron chi connectivity index (χ1n) is 10.4. The van der Waals surface area contributed by atoms with Crippen LogP contribution in [-0.2, 0) is 5.41 Å². The molecule has 0 saturated heterocycles. The van der Waals surface area contributed by atoms with Gasteiger partial charge in [0, 0.05) is 25.1 Å². The van der Waals surface area contributed by atoms with E-state index in [1.807, 2.05) is 13.0 Å². The smallest absolute Gasteiger partial charge is 0.191 e. The number of aliphatic imine (C=N–C) groups is 1. The second-order valence-electron chi connectivity index (χ2n) is 7.77. The molecule has 6 nitrogen and oxygen atoms in total. The Bertz CT molecular complexity index is 634. The zero-order chi connectivity index (χ0) is 20.4. The van der Waals surface area contributed by atoms with E-state index in [1.54, 1.807) is 14.2 Å². The molecule has 1 atom stereocenters. The number of hydrogen-bond donors (Lipinski definition) is 3. The van der Waals surface area contributed by atoms with Crippen molar-refractivity contribution in [1.82, 2.24) is 10.6 Å². The number of hydrogen-bond acceptors (Lipinski definition) is 4. The number of aliphatic hydroxyl groups excluding tert-OH is 1. The van der Waals surface area contributed by atoms with E-state index in [0.717, 1.165) is 43.4 Å². The number of nitrogens with one attached hydrogen (secondary N) is 2.